The molecule has 0 saturated heterocycles. The van der Waals surface area contributed by atoms with Crippen LogP contribution < -0.4 is 0 Å². The zero-order valence-electron chi connectivity index (χ0n) is 28.7. The molecule has 9 atom stereocenters. The number of Topliss-reactive ketones (excluding diaryl/α,β-unsaturated/α-hetero) is 1. The molecule has 2 aliphatic heterocycles. The van der Waals surface area contributed by atoms with Crippen molar-refractivity contribution in [3.05, 3.63) is 64.4 Å². The van der Waals surface area contributed by atoms with Gasteiger partial charge in [-0.3, -0.25) is 9.59 Å². The van der Waals surface area contributed by atoms with E-state index in [1.807, 2.05) is 13.0 Å². The Kier molecular flexibility index (Phi) is 5.97. The van der Waals surface area contributed by atoms with Crippen LogP contribution in [0.4, 0.5) is 0 Å². The van der Waals surface area contributed by atoms with Crippen LogP contribution in [0.5, 0.6) is 0 Å². The van der Waals surface area contributed by atoms with Crippen molar-refractivity contribution in [3.8, 4) is 0 Å². The topological polar surface area (TPSA) is 88.8 Å². The predicted molar refractivity (Wildman–Crippen MR) is 180 cm³/mol. The fraction of sp³-hybridized carbons (Fsp3) is 0.600. The van der Waals surface area contributed by atoms with Gasteiger partial charge in [-0.2, -0.15) is 0 Å². The molecule has 0 bridgehead atoms. The second-order valence-electron chi connectivity index (χ2n) is 17.3. The third kappa shape index (κ3) is 3.34. The van der Waals surface area contributed by atoms with Crippen molar-refractivity contribution in [1.82, 2.24) is 4.57 Å². The molecule has 1 aromatic heterocycles. The van der Waals surface area contributed by atoms with Crippen LogP contribution in [0.15, 0.2) is 36.4 Å². The van der Waals surface area contributed by atoms with E-state index in [4.69, 9.17) is 4.74 Å². The molecular formula is C40H49NO5. The maximum Gasteiger partial charge on any atom is 0.192 e. The maximum atomic E-state index is 14.8. The van der Waals surface area contributed by atoms with Gasteiger partial charge in [0, 0.05) is 33.4 Å². The van der Waals surface area contributed by atoms with Gasteiger partial charge >= 0.3 is 0 Å². The number of nitrogens with zero attached hydrogens (tertiary/aromatic N) is 1. The molecule has 3 heterocycles. The van der Waals surface area contributed by atoms with Crippen molar-refractivity contribution in [2.75, 3.05) is 0 Å². The minimum absolute atomic E-state index is 0.0332. The van der Waals surface area contributed by atoms with Gasteiger partial charge in [-0.25, -0.2) is 0 Å². The number of ether oxygens (including phenoxy) is 1. The molecule has 2 fully saturated rings. The average molecular weight is 624 g/mol. The molecule has 0 unspecified atom stereocenters. The third-order valence-electron chi connectivity index (χ3n) is 14.1. The second kappa shape index (κ2) is 9.00. The lowest BCUT2D eigenvalue weighted by molar-refractivity contribution is -0.145. The number of aromatic nitrogens is 1. The van der Waals surface area contributed by atoms with Gasteiger partial charge in [-0.1, -0.05) is 39.0 Å². The minimum Gasteiger partial charge on any atom is -0.392 e. The number of rotatable bonds is 3. The van der Waals surface area contributed by atoms with Gasteiger partial charge in [0.2, 0.25) is 0 Å². The number of hydrogen-bond donors (Lipinski definition) is 2. The van der Waals surface area contributed by atoms with Gasteiger partial charge in [0.15, 0.2) is 5.78 Å². The van der Waals surface area contributed by atoms with Crippen LogP contribution in [0.3, 0.4) is 0 Å². The summed E-state index contributed by atoms with van der Waals surface area (Å²) < 4.78 is 8.85. The predicted octanol–water partition coefficient (Wildman–Crippen LogP) is 7.35. The summed E-state index contributed by atoms with van der Waals surface area (Å²) in [6.07, 6.45) is 9.68. The number of fused-ring (bicyclic) bond motifs is 11. The lowest BCUT2D eigenvalue weighted by Crippen LogP contribution is -2.62. The Morgan fingerprint density at radius 2 is 1.80 bits per heavy atom. The lowest BCUT2D eigenvalue weighted by Gasteiger charge is -2.64. The molecule has 0 amide bonds. The van der Waals surface area contributed by atoms with Gasteiger partial charge in [-0.05, 0) is 119 Å². The Balaban J connectivity index is 1.42. The molecular weight excluding hydrogens is 574 g/mol. The SMILES string of the molecule is C=C(C)[C@H]1C(=O)c2c3c(cc4c5c(n1c24)[C@@]1(C)[C@@H](CC[C@H]2[C@](C)(/C=C/C=O)[C@@H](O)CC[C@@]21C)C5)C1=CC(C)(C)OC(C)(C)[C@H]1[C@@H]3O. The van der Waals surface area contributed by atoms with Crippen molar-refractivity contribution in [2.24, 2.45) is 28.6 Å². The minimum atomic E-state index is -0.845. The normalized spacial score (nSPS) is 41.2. The number of carbonyl (C=O) groups excluding carboxylic acids is 2. The highest BCUT2D eigenvalue weighted by molar-refractivity contribution is 6.18. The summed E-state index contributed by atoms with van der Waals surface area (Å²) in [6, 6.07) is 1.78. The van der Waals surface area contributed by atoms with Crippen molar-refractivity contribution in [3.63, 3.8) is 0 Å². The molecule has 6 nitrogen and oxygen atoms in total. The number of ketones is 1. The van der Waals surface area contributed by atoms with Gasteiger partial charge in [0.25, 0.3) is 0 Å². The molecule has 6 aliphatic rings. The number of aliphatic hydroxyl groups is 2. The van der Waals surface area contributed by atoms with Crippen LogP contribution in [0.1, 0.15) is 126 Å². The highest BCUT2D eigenvalue weighted by Crippen LogP contribution is 2.71. The Hall–Kier alpha value is -2.80. The first-order valence-corrected chi connectivity index (χ1v) is 17.3. The van der Waals surface area contributed by atoms with Gasteiger partial charge in [0.1, 0.15) is 12.3 Å². The third-order valence-corrected chi connectivity index (χ3v) is 14.1. The molecule has 8 rings (SSSR count). The molecule has 46 heavy (non-hydrogen) atoms. The van der Waals surface area contributed by atoms with E-state index in [-0.39, 0.29) is 28.4 Å². The van der Waals surface area contributed by atoms with Crippen LogP contribution in [-0.2, 0) is 21.4 Å². The summed E-state index contributed by atoms with van der Waals surface area (Å²) in [4.78, 5) is 26.2. The first-order valence-electron chi connectivity index (χ1n) is 17.3. The number of carbonyl (C=O) groups is 2. The van der Waals surface area contributed by atoms with E-state index in [9.17, 15) is 19.8 Å². The highest BCUT2D eigenvalue weighted by Gasteiger charge is 2.67. The molecule has 2 saturated carbocycles. The number of hydrogen-bond acceptors (Lipinski definition) is 5. The molecule has 0 spiro atoms. The highest BCUT2D eigenvalue weighted by atomic mass is 16.5. The quantitative estimate of drug-likeness (QED) is 0.212. The average Bonchev–Trinajstić information content (AvgIpc) is 3.62. The number of aldehydes is 1. The maximum absolute atomic E-state index is 14.8. The van der Waals surface area contributed by atoms with E-state index in [0.717, 1.165) is 65.1 Å². The second-order valence-corrected chi connectivity index (χ2v) is 17.3. The fourth-order valence-corrected chi connectivity index (χ4v) is 12.4. The summed E-state index contributed by atoms with van der Waals surface area (Å²) in [5, 5.41) is 24.7. The summed E-state index contributed by atoms with van der Waals surface area (Å²) in [7, 11) is 0. The first kappa shape index (κ1) is 30.5. The Labute approximate surface area is 272 Å². The van der Waals surface area contributed by atoms with Crippen LogP contribution >= 0.6 is 0 Å². The molecule has 6 heteroatoms. The summed E-state index contributed by atoms with van der Waals surface area (Å²) in [5.41, 5.74) is 5.80. The van der Waals surface area contributed by atoms with E-state index in [0.29, 0.717) is 17.9 Å². The van der Waals surface area contributed by atoms with Crippen LogP contribution in [0.25, 0.3) is 16.5 Å². The van der Waals surface area contributed by atoms with Crippen molar-refractivity contribution in [1.29, 1.82) is 0 Å². The van der Waals surface area contributed by atoms with Gasteiger partial charge in [0.05, 0.1) is 34.5 Å². The summed E-state index contributed by atoms with van der Waals surface area (Å²) >= 11 is 0. The van der Waals surface area contributed by atoms with Crippen molar-refractivity contribution in [2.45, 2.75) is 122 Å². The Morgan fingerprint density at radius 3 is 2.48 bits per heavy atom. The van der Waals surface area contributed by atoms with Crippen molar-refractivity contribution < 1.29 is 24.5 Å². The fourth-order valence-electron chi connectivity index (χ4n) is 12.4. The zero-order valence-corrected chi connectivity index (χ0v) is 28.7. The van der Waals surface area contributed by atoms with E-state index in [2.05, 4.69) is 71.8 Å². The lowest BCUT2D eigenvalue weighted by atomic mass is 9.40. The standard InChI is InChI=1S/C40H49NO5/c1-20(2)31-34(45)29-28-22(25-19-36(3,4)46-37(5,6)30(25)33(28)44)18-23-24-17-21-11-12-26-38(7,14-10-16-42)27(43)13-15-39(26,8)40(21,9)35(24)41(31)32(23)29/h10,14,16,18-19,21,26-27,30-31,33,43-44H,1,11-13,15,17H2,2-9H3/b14-10+/t21-,26-,27-,30+,31-,33+,38-,39-,40+/m0/s1. The Bertz CT molecular complexity index is 1840. The van der Waals surface area contributed by atoms with Gasteiger partial charge in [-0.15, -0.1) is 0 Å². The summed E-state index contributed by atoms with van der Waals surface area (Å²) in [5.74, 6) is 0.341. The molecule has 0 radical (unpaired) electrons. The van der Waals surface area contributed by atoms with Gasteiger partial charge < -0.3 is 19.5 Å². The number of benzene rings is 1. The van der Waals surface area contributed by atoms with Crippen LogP contribution in [0, 0.1) is 28.6 Å². The van der Waals surface area contributed by atoms with E-state index < -0.39 is 34.9 Å². The molecule has 244 valence electrons. The van der Waals surface area contributed by atoms with Crippen molar-refractivity contribution >= 4 is 28.5 Å². The molecule has 2 aromatic rings. The first-order chi connectivity index (χ1) is 21.4. The largest absolute Gasteiger partial charge is 0.392 e. The number of allylic oxidation sites excluding steroid dienone is 2. The monoisotopic (exact) mass is 623 g/mol. The summed E-state index contributed by atoms with van der Waals surface area (Å²) in [6.45, 7) is 21.6. The molecule has 4 aliphatic carbocycles. The smallest absolute Gasteiger partial charge is 0.192 e. The van der Waals surface area contributed by atoms with E-state index in [1.165, 1.54) is 11.3 Å². The zero-order chi connectivity index (χ0) is 33.1. The molecule has 1 aromatic carbocycles. The number of aliphatic hydroxyl groups excluding tert-OH is 2. The van der Waals surface area contributed by atoms with E-state index in [1.54, 1.807) is 6.08 Å². The Morgan fingerprint density at radius 1 is 1.09 bits per heavy atom. The van der Waals surface area contributed by atoms with E-state index >= 15 is 0 Å². The molecule has 2 N–H and O–H groups in total. The van der Waals surface area contributed by atoms with Crippen LogP contribution in [0.2, 0.25) is 0 Å². The van der Waals surface area contributed by atoms with Crippen LogP contribution in [-0.4, -0.2) is 44.2 Å².